The highest BCUT2D eigenvalue weighted by molar-refractivity contribution is 7.99. The van der Waals surface area contributed by atoms with E-state index < -0.39 is 12.0 Å². The number of hydrogen-bond donors (Lipinski definition) is 2. The number of pyridine rings is 1. The van der Waals surface area contributed by atoms with Crippen molar-refractivity contribution in [1.82, 2.24) is 4.98 Å². The molecule has 5 heteroatoms. The SMILES string of the molecule is CC(C)=CCCC(C)=CCCC(C)=CCSCC(Nc1ccccn1)C(=O)O. The Hall–Kier alpha value is -2.01. The number of nitrogens with zero attached hydrogens (tertiary/aromatic N) is 1. The number of aromatic nitrogens is 1. The zero-order valence-electron chi connectivity index (χ0n) is 17.6. The second-order valence-electron chi connectivity index (χ2n) is 7.25. The Morgan fingerprint density at radius 2 is 1.79 bits per heavy atom. The molecule has 28 heavy (non-hydrogen) atoms. The summed E-state index contributed by atoms with van der Waals surface area (Å²) in [5.41, 5.74) is 4.18. The van der Waals surface area contributed by atoms with Crippen LogP contribution in [0.1, 0.15) is 53.4 Å². The minimum absolute atomic E-state index is 0.499. The maximum atomic E-state index is 11.4. The molecular weight excluding hydrogens is 368 g/mol. The van der Waals surface area contributed by atoms with Crippen molar-refractivity contribution in [2.24, 2.45) is 0 Å². The summed E-state index contributed by atoms with van der Waals surface area (Å²) in [5, 5.41) is 12.3. The van der Waals surface area contributed by atoms with E-state index >= 15 is 0 Å². The molecule has 2 N–H and O–H groups in total. The lowest BCUT2D eigenvalue weighted by Crippen LogP contribution is -2.32. The van der Waals surface area contributed by atoms with E-state index in [1.54, 1.807) is 24.0 Å². The first-order chi connectivity index (χ1) is 13.4. The minimum atomic E-state index is -0.854. The fourth-order valence-electron chi connectivity index (χ4n) is 2.53. The molecule has 154 valence electrons. The fraction of sp³-hybridized carbons (Fsp3) is 0.478. The van der Waals surface area contributed by atoms with Crippen LogP contribution in [0, 0.1) is 0 Å². The Labute approximate surface area is 174 Å². The van der Waals surface area contributed by atoms with Crippen molar-refractivity contribution in [3.8, 4) is 0 Å². The Kier molecular flexibility index (Phi) is 12.1. The largest absolute Gasteiger partial charge is 0.480 e. The molecule has 1 aromatic heterocycles. The van der Waals surface area contributed by atoms with Crippen molar-refractivity contribution in [3.63, 3.8) is 0 Å². The maximum absolute atomic E-state index is 11.4. The second-order valence-corrected chi connectivity index (χ2v) is 8.32. The molecule has 0 radical (unpaired) electrons. The van der Waals surface area contributed by atoms with Gasteiger partial charge in [0.05, 0.1) is 0 Å². The van der Waals surface area contributed by atoms with E-state index in [4.69, 9.17) is 0 Å². The third-order valence-corrected chi connectivity index (χ3v) is 5.21. The predicted molar refractivity (Wildman–Crippen MR) is 122 cm³/mol. The number of carboxylic acid groups (broad SMARTS) is 1. The van der Waals surface area contributed by atoms with Crippen LogP contribution >= 0.6 is 11.8 Å². The molecule has 0 saturated heterocycles. The van der Waals surface area contributed by atoms with E-state index in [0.717, 1.165) is 31.4 Å². The average molecular weight is 403 g/mol. The summed E-state index contributed by atoms with van der Waals surface area (Å²) in [6, 6.07) is 4.79. The van der Waals surface area contributed by atoms with E-state index in [0.29, 0.717) is 11.6 Å². The number of rotatable bonds is 13. The molecule has 0 aliphatic carbocycles. The van der Waals surface area contributed by atoms with Crippen molar-refractivity contribution in [1.29, 1.82) is 0 Å². The number of carbonyl (C=O) groups is 1. The van der Waals surface area contributed by atoms with E-state index in [2.05, 4.69) is 56.2 Å². The molecule has 0 amide bonds. The van der Waals surface area contributed by atoms with Gasteiger partial charge in [0.1, 0.15) is 11.9 Å². The number of thioether (sulfide) groups is 1. The third-order valence-electron chi connectivity index (χ3n) is 4.24. The number of anilines is 1. The fourth-order valence-corrected chi connectivity index (χ4v) is 3.53. The van der Waals surface area contributed by atoms with Gasteiger partial charge >= 0.3 is 5.97 Å². The summed E-state index contributed by atoms with van der Waals surface area (Å²) < 4.78 is 0. The molecule has 0 aliphatic heterocycles. The van der Waals surface area contributed by atoms with Crippen molar-refractivity contribution in [2.45, 2.75) is 59.4 Å². The van der Waals surface area contributed by atoms with E-state index in [1.165, 1.54) is 16.7 Å². The smallest absolute Gasteiger partial charge is 0.327 e. The number of nitrogens with one attached hydrogen (secondary N) is 1. The van der Waals surface area contributed by atoms with Gasteiger partial charge in [0.25, 0.3) is 0 Å². The summed E-state index contributed by atoms with van der Waals surface area (Å²) in [6.07, 6.45) is 12.8. The van der Waals surface area contributed by atoms with Crippen LogP contribution in [0.15, 0.2) is 59.3 Å². The van der Waals surface area contributed by atoms with Gasteiger partial charge in [0.15, 0.2) is 0 Å². The van der Waals surface area contributed by atoms with Crippen LogP contribution < -0.4 is 5.32 Å². The van der Waals surface area contributed by atoms with E-state index in [1.807, 2.05) is 12.1 Å². The zero-order chi connectivity index (χ0) is 20.8. The zero-order valence-corrected chi connectivity index (χ0v) is 18.4. The molecule has 0 spiro atoms. The van der Waals surface area contributed by atoms with Crippen molar-refractivity contribution < 1.29 is 9.90 Å². The molecule has 1 rings (SSSR count). The topological polar surface area (TPSA) is 62.2 Å². The predicted octanol–water partition coefficient (Wildman–Crippen LogP) is 6.10. The Morgan fingerprint density at radius 3 is 2.39 bits per heavy atom. The summed E-state index contributed by atoms with van der Waals surface area (Å²) in [5.74, 6) is 1.06. The normalized spacial score (nSPS) is 13.1. The molecule has 0 aliphatic rings. The van der Waals surface area contributed by atoms with E-state index in [-0.39, 0.29) is 0 Å². The second kappa shape index (κ2) is 14.1. The first-order valence-corrected chi connectivity index (χ1v) is 11.0. The van der Waals surface area contributed by atoms with Gasteiger partial charge in [-0.05, 0) is 65.5 Å². The van der Waals surface area contributed by atoms with Gasteiger partial charge in [-0.25, -0.2) is 9.78 Å². The van der Waals surface area contributed by atoms with Crippen molar-refractivity contribution in [2.75, 3.05) is 16.8 Å². The summed E-state index contributed by atoms with van der Waals surface area (Å²) in [7, 11) is 0. The highest BCUT2D eigenvalue weighted by atomic mass is 32.2. The highest BCUT2D eigenvalue weighted by Gasteiger charge is 2.17. The van der Waals surface area contributed by atoms with Crippen LogP contribution in [-0.4, -0.2) is 33.6 Å². The van der Waals surface area contributed by atoms with Gasteiger partial charge in [-0.1, -0.05) is 41.0 Å². The first-order valence-electron chi connectivity index (χ1n) is 9.81. The van der Waals surface area contributed by atoms with Crippen LogP contribution in [0.2, 0.25) is 0 Å². The lowest BCUT2D eigenvalue weighted by Gasteiger charge is -2.14. The monoisotopic (exact) mass is 402 g/mol. The first kappa shape index (κ1) is 24.0. The number of hydrogen-bond acceptors (Lipinski definition) is 4. The maximum Gasteiger partial charge on any atom is 0.327 e. The molecule has 0 fully saturated rings. The minimum Gasteiger partial charge on any atom is -0.480 e. The number of allylic oxidation sites excluding steroid dienone is 5. The summed E-state index contributed by atoms with van der Waals surface area (Å²) >= 11 is 1.62. The van der Waals surface area contributed by atoms with Crippen LogP contribution in [-0.2, 0) is 4.79 Å². The lowest BCUT2D eigenvalue weighted by atomic mass is 10.1. The average Bonchev–Trinajstić information content (AvgIpc) is 2.64. The van der Waals surface area contributed by atoms with Crippen molar-refractivity contribution >= 4 is 23.5 Å². The van der Waals surface area contributed by atoms with Gasteiger partial charge < -0.3 is 10.4 Å². The van der Waals surface area contributed by atoms with Crippen molar-refractivity contribution in [3.05, 3.63) is 59.3 Å². The molecule has 1 heterocycles. The third kappa shape index (κ3) is 11.7. The van der Waals surface area contributed by atoms with Gasteiger partial charge in [-0.2, -0.15) is 11.8 Å². The van der Waals surface area contributed by atoms with Crippen LogP contribution in [0.3, 0.4) is 0 Å². The highest BCUT2D eigenvalue weighted by Crippen LogP contribution is 2.14. The molecule has 1 unspecified atom stereocenters. The van der Waals surface area contributed by atoms with Gasteiger partial charge in [0.2, 0.25) is 0 Å². The molecule has 1 aromatic rings. The molecular formula is C23H34N2O2S. The quantitative estimate of drug-likeness (QED) is 0.308. The number of carboxylic acids is 1. The Bertz CT molecular complexity index is 677. The van der Waals surface area contributed by atoms with Crippen LogP contribution in [0.4, 0.5) is 5.82 Å². The number of aliphatic carboxylic acids is 1. The van der Waals surface area contributed by atoms with Gasteiger partial charge in [-0.3, -0.25) is 0 Å². The molecule has 0 aromatic carbocycles. The van der Waals surface area contributed by atoms with E-state index in [9.17, 15) is 9.90 Å². The summed E-state index contributed by atoms with van der Waals surface area (Å²) in [6.45, 7) is 8.62. The molecule has 4 nitrogen and oxygen atoms in total. The Morgan fingerprint density at radius 1 is 1.11 bits per heavy atom. The van der Waals surface area contributed by atoms with Crippen LogP contribution in [0.5, 0.6) is 0 Å². The van der Waals surface area contributed by atoms with Gasteiger partial charge in [0, 0.05) is 17.7 Å². The lowest BCUT2D eigenvalue weighted by molar-refractivity contribution is -0.137. The standard InChI is InChI=1S/C23H34N2O2S/c1-18(2)9-7-10-19(3)11-8-12-20(4)14-16-28-17-21(23(26)27)25-22-13-5-6-15-24-22/h5-6,9,11,13-15,21H,7-8,10,12,16-17H2,1-4H3,(H,24,25)(H,26,27). The summed E-state index contributed by atoms with van der Waals surface area (Å²) in [4.78, 5) is 15.5. The Balaban J connectivity index is 2.30. The molecule has 0 saturated carbocycles. The van der Waals surface area contributed by atoms with Crippen LogP contribution in [0.25, 0.3) is 0 Å². The molecule has 1 atom stereocenters. The molecule has 0 bridgehead atoms. The van der Waals surface area contributed by atoms with Gasteiger partial charge in [-0.15, -0.1) is 0 Å².